The highest BCUT2D eigenvalue weighted by Gasteiger charge is 2.21. The fraction of sp³-hybridized carbons (Fsp3) is 0.571. The van der Waals surface area contributed by atoms with Gasteiger partial charge >= 0.3 is 0 Å². The van der Waals surface area contributed by atoms with Gasteiger partial charge < -0.3 is 9.64 Å². The van der Waals surface area contributed by atoms with Crippen LogP contribution in [0.3, 0.4) is 0 Å². The third kappa shape index (κ3) is 4.20. The molecular weight excluding hydrogens is 228 g/mol. The number of hydrogen-bond acceptors (Lipinski definition) is 4. The summed E-state index contributed by atoms with van der Waals surface area (Å²) >= 11 is 0. The molecule has 2 N–H and O–H groups in total. The molecule has 0 spiro atoms. The summed E-state index contributed by atoms with van der Waals surface area (Å²) in [4.78, 5) is 2.29. The molecule has 1 saturated heterocycles. The van der Waals surface area contributed by atoms with E-state index >= 15 is 0 Å². The van der Waals surface area contributed by atoms with Gasteiger partial charge in [-0.15, -0.1) is 0 Å². The lowest BCUT2D eigenvalue weighted by Gasteiger charge is -2.37. The smallest absolute Gasteiger partial charge is 0.0726 e. The average Bonchev–Trinajstić information content (AvgIpc) is 2.27. The summed E-state index contributed by atoms with van der Waals surface area (Å²) in [6.45, 7) is 13.7. The first kappa shape index (κ1) is 14.8. The number of rotatable bonds is 4. The molecule has 0 amide bonds. The highest BCUT2D eigenvalue weighted by atomic mass is 16.5. The molecular formula is C14H24N2O2. The Morgan fingerprint density at radius 3 is 2.28 bits per heavy atom. The molecule has 0 aliphatic carbocycles. The van der Waals surface area contributed by atoms with Crippen LogP contribution in [0.4, 0.5) is 0 Å². The summed E-state index contributed by atoms with van der Waals surface area (Å²) in [6, 6.07) is 0. The average molecular weight is 252 g/mol. The molecule has 0 radical (unpaired) electrons. The summed E-state index contributed by atoms with van der Waals surface area (Å²) in [5.41, 5.74) is 4.73. The van der Waals surface area contributed by atoms with Gasteiger partial charge in [0.05, 0.1) is 17.9 Å². The second-order valence-corrected chi connectivity index (χ2v) is 4.94. The predicted molar refractivity (Wildman–Crippen MR) is 73.2 cm³/mol. The molecule has 1 heterocycles. The number of ether oxygens (including phenoxy) is 1. The Bertz CT molecular complexity index is 351. The summed E-state index contributed by atoms with van der Waals surface area (Å²) in [7, 11) is 0. The van der Waals surface area contributed by atoms with Crippen LogP contribution in [0, 0.1) is 0 Å². The van der Waals surface area contributed by atoms with Gasteiger partial charge in [-0.05, 0) is 45.4 Å². The SMILES string of the molecule is C=C(C)/C(=C\C=C(/C)N1C[C@@H](C)O[C@@H](C)C1)NO. The van der Waals surface area contributed by atoms with E-state index in [4.69, 9.17) is 9.94 Å². The van der Waals surface area contributed by atoms with Crippen LogP contribution in [-0.4, -0.2) is 35.4 Å². The van der Waals surface area contributed by atoms with Crippen molar-refractivity contribution in [2.45, 2.75) is 39.9 Å². The van der Waals surface area contributed by atoms with Crippen molar-refractivity contribution in [2.75, 3.05) is 13.1 Å². The van der Waals surface area contributed by atoms with Crippen molar-refractivity contribution < 1.29 is 9.94 Å². The lowest BCUT2D eigenvalue weighted by Crippen LogP contribution is -2.44. The Labute approximate surface area is 110 Å². The Morgan fingerprint density at radius 2 is 1.83 bits per heavy atom. The minimum atomic E-state index is 0.248. The van der Waals surface area contributed by atoms with Gasteiger partial charge in [0.15, 0.2) is 0 Å². The first-order chi connectivity index (χ1) is 8.43. The molecule has 1 aliphatic rings. The van der Waals surface area contributed by atoms with Crippen LogP contribution >= 0.6 is 0 Å². The molecule has 102 valence electrons. The van der Waals surface area contributed by atoms with Crippen molar-refractivity contribution in [1.82, 2.24) is 10.4 Å². The molecule has 1 aliphatic heterocycles. The van der Waals surface area contributed by atoms with Crippen LogP contribution < -0.4 is 5.48 Å². The largest absolute Gasteiger partial charge is 0.372 e. The van der Waals surface area contributed by atoms with Crippen molar-refractivity contribution in [3.63, 3.8) is 0 Å². The van der Waals surface area contributed by atoms with Crippen molar-refractivity contribution in [2.24, 2.45) is 0 Å². The van der Waals surface area contributed by atoms with Crippen molar-refractivity contribution in [3.05, 3.63) is 35.7 Å². The standard InChI is InChI=1S/C14H24N2O2/c1-10(2)14(15-17)7-6-11(3)16-8-12(4)18-13(5)9-16/h6-7,12-13,15,17H,1,8-9H2,2-5H3/b11-6+,14-7+/t12-,13+. The first-order valence-corrected chi connectivity index (χ1v) is 6.29. The van der Waals surface area contributed by atoms with E-state index in [1.807, 2.05) is 19.1 Å². The lowest BCUT2D eigenvalue weighted by atomic mass is 10.2. The topological polar surface area (TPSA) is 44.7 Å². The molecule has 4 heteroatoms. The highest BCUT2D eigenvalue weighted by Crippen LogP contribution is 2.16. The van der Waals surface area contributed by atoms with E-state index in [1.165, 1.54) is 0 Å². The van der Waals surface area contributed by atoms with Crippen LogP contribution in [0.5, 0.6) is 0 Å². The summed E-state index contributed by atoms with van der Waals surface area (Å²) in [5.74, 6) is 0. The highest BCUT2D eigenvalue weighted by molar-refractivity contribution is 5.28. The minimum Gasteiger partial charge on any atom is -0.372 e. The van der Waals surface area contributed by atoms with Gasteiger partial charge in [-0.1, -0.05) is 6.58 Å². The minimum absolute atomic E-state index is 0.248. The Morgan fingerprint density at radius 1 is 1.28 bits per heavy atom. The zero-order valence-electron chi connectivity index (χ0n) is 11.7. The van der Waals surface area contributed by atoms with E-state index in [0.717, 1.165) is 24.4 Å². The normalized spacial score (nSPS) is 26.2. The number of allylic oxidation sites excluding steroid dienone is 4. The first-order valence-electron chi connectivity index (χ1n) is 6.29. The van der Waals surface area contributed by atoms with Gasteiger partial charge in [0.25, 0.3) is 0 Å². The molecule has 0 aromatic carbocycles. The Hall–Kier alpha value is -1.26. The van der Waals surface area contributed by atoms with Gasteiger partial charge in [0, 0.05) is 18.8 Å². The Balaban J connectivity index is 2.73. The molecule has 0 aromatic rings. The molecule has 1 rings (SSSR count). The summed E-state index contributed by atoms with van der Waals surface area (Å²) < 4.78 is 5.70. The second kappa shape index (κ2) is 6.61. The van der Waals surface area contributed by atoms with Crippen LogP contribution in [0.25, 0.3) is 0 Å². The molecule has 2 atom stereocenters. The quantitative estimate of drug-likeness (QED) is 0.596. The lowest BCUT2D eigenvalue weighted by molar-refractivity contribution is -0.0577. The third-order valence-corrected chi connectivity index (χ3v) is 2.99. The predicted octanol–water partition coefficient (Wildman–Crippen LogP) is 2.44. The van der Waals surface area contributed by atoms with Crippen LogP contribution in [0.2, 0.25) is 0 Å². The van der Waals surface area contributed by atoms with E-state index in [2.05, 4.69) is 37.7 Å². The summed E-state index contributed by atoms with van der Waals surface area (Å²) in [6.07, 6.45) is 4.32. The van der Waals surface area contributed by atoms with Gasteiger partial charge in [-0.3, -0.25) is 10.7 Å². The molecule has 0 bridgehead atoms. The zero-order chi connectivity index (χ0) is 13.7. The number of hydroxylamine groups is 1. The maximum Gasteiger partial charge on any atom is 0.0726 e. The van der Waals surface area contributed by atoms with Crippen LogP contribution in [-0.2, 0) is 4.74 Å². The van der Waals surface area contributed by atoms with Crippen LogP contribution in [0.15, 0.2) is 35.7 Å². The fourth-order valence-electron chi connectivity index (χ4n) is 2.05. The number of nitrogens with zero attached hydrogens (tertiary/aromatic N) is 1. The molecule has 0 saturated carbocycles. The number of hydrogen-bond donors (Lipinski definition) is 2. The second-order valence-electron chi connectivity index (χ2n) is 4.94. The maximum absolute atomic E-state index is 8.96. The van der Waals surface area contributed by atoms with Gasteiger partial charge in [-0.25, -0.2) is 0 Å². The van der Waals surface area contributed by atoms with E-state index in [9.17, 15) is 0 Å². The van der Waals surface area contributed by atoms with Gasteiger partial charge in [-0.2, -0.15) is 0 Å². The molecule has 0 unspecified atom stereocenters. The number of nitrogens with one attached hydrogen (secondary N) is 1. The monoisotopic (exact) mass is 252 g/mol. The van der Waals surface area contributed by atoms with Crippen molar-refractivity contribution in [3.8, 4) is 0 Å². The Kier molecular flexibility index (Phi) is 5.44. The molecule has 4 nitrogen and oxygen atoms in total. The van der Waals surface area contributed by atoms with Crippen LogP contribution in [0.1, 0.15) is 27.7 Å². The van der Waals surface area contributed by atoms with E-state index < -0.39 is 0 Å². The van der Waals surface area contributed by atoms with E-state index in [1.54, 1.807) is 0 Å². The molecule has 18 heavy (non-hydrogen) atoms. The van der Waals surface area contributed by atoms with Gasteiger partial charge in [0.1, 0.15) is 0 Å². The van der Waals surface area contributed by atoms with Gasteiger partial charge in [0.2, 0.25) is 0 Å². The van der Waals surface area contributed by atoms with E-state index in [0.29, 0.717) is 5.70 Å². The maximum atomic E-state index is 8.96. The fourth-order valence-corrected chi connectivity index (χ4v) is 2.05. The number of morpholine rings is 1. The third-order valence-electron chi connectivity index (χ3n) is 2.99. The zero-order valence-corrected chi connectivity index (χ0v) is 11.7. The summed E-state index contributed by atoms with van der Waals surface area (Å²) in [5, 5.41) is 8.96. The van der Waals surface area contributed by atoms with Crippen molar-refractivity contribution >= 4 is 0 Å². The molecule has 1 fully saturated rings. The van der Waals surface area contributed by atoms with Crippen molar-refractivity contribution in [1.29, 1.82) is 0 Å². The van der Waals surface area contributed by atoms with E-state index in [-0.39, 0.29) is 12.2 Å². The molecule has 0 aromatic heterocycles.